The van der Waals surface area contributed by atoms with E-state index in [4.69, 9.17) is 59.8 Å². The number of benzene rings is 7. The number of aromatic carboxylic acids is 1. The number of nitrogens with two attached hydrogens (primary N) is 1. The number of nitrogens with one attached hydrogen (secondary N) is 2. The van der Waals surface area contributed by atoms with Gasteiger partial charge in [0.1, 0.15) is 79.4 Å². The number of carbonyl (C=O) groups is 3. The Labute approximate surface area is 908 Å². The van der Waals surface area contributed by atoms with E-state index in [0.717, 1.165) is 73.6 Å². The summed E-state index contributed by atoms with van der Waals surface area (Å²) in [6.45, 7) is 44.7. The van der Waals surface area contributed by atoms with Crippen LogP contribution >= 0.6 is 56.5 Å². The molecule has 43 heteroatoms. The first-order valence-corrected chi connectivity index (χ1v) is 54.2. The predicted octanol–water partition coefficient (Wildman–Crippen LogP) is 15.0. The number of phenolic OH excluding ortho intramolecular Hbond substituents is 1. The predicted molar refractivity (Wildman–Crippen MR) is 558 cm³/mol. The van der Waals surface area contributed by atoms with E-state index >= 15 is 0 Å². The first-order valence-electron chi connectivity index (χ1n) is 42.5. The molecule has 0 fully saturated rings. The summed E-state index contributed by atoms with van der Waals surface area (Å²) in [5.74, 6) is -1.27. The van der Waals surface area contributed by atoms with Crippen molar-refractivity contribution < 1.29 is 178 Å². The second-order valence-corrected chi connectivity index (χ2v) is 50.0. The van der Waals surface area contributed by atoms with E-state index < -0.39 is 67.1 Å². The van der Waals surface area contributed by atoms with Crippen LogP contribution < -0.4 is 113 Å². The maximum Gasteiger partial charge on any atom is 1.00 e. The summed E-state index contributed by atoms with van der Waals surface area (Å²) in [6, 6.07) is 46.2. The third-order valence-corrected chi connectivity index (χ3v) is 29.7. The van der Waals surface area contributed by atoms with E-state index in [-0.39, 0.29) is 188 Å². The Hall–Kier alpha value is -9.36. The molecule has 0 aliphatic carbocycles. The largest absolute Gasteiger partial charge is 1.00 e. The second kappa shape index (κ2) is 56.0. The van der Waals surface area contributed by atoms with Crippen LogP contribution in [0.2, 0.25) is 0 Å². The van der Waals surface area contributed by atoms with Gasteiger partial charge in [0.15, 0.2) is 0 Å². The third-order valence-electron chi connectivity index (χ3n) is 19.7. The number of carboxylic acid groups (broad SMARTS) is 1. The Balaban J connectivity index is 0.000000827. The van der Waals surface area contributed by atoms with E-state index in [9.17, 15) is 71.8 Å². The molecule has 0 atom stereocenters. The first-order chi connectivity index (χ1) is 64.7. The quantitative estimate of drug-likeness (QED) is 0.0144. The minimum absolute atomic E-state index is 0. The number of anilines is 3. The summed E-state index contributed by atoms with van der Waals surface area (Å²) in [5.41, 5.74) is 12.8. The molecule has 31 nitrogen and oxygen atoms in total. The number of thioether (sulfide) groups is 1. The second-order valence-electron chi connectivity index (χ2n) is 37.5. The van der Waals surface area contributed by atoms with Crippen molar-refractivity contribution >= 4 is 146 Å². The standard InChI is InChI=1S/C17H21NO5S2.2C16H19NO5S2.C11H15ClO3S.C11H16O4S.C11H16O.C10H14O.C6H7NO2S.C2H3N.2Na/c1-17(2,3)11-6-7-14(13(10-11)22-4)25(20,21)18-12-8-9-24-15(12)16(19)23-5;2*1-16(2,3)10-5-6-13(12(9-10)22-4)24(20,21)17-11-7-8-23-14(11)15(18)19;2*1-11(2,3)8-5-6-10(16(12,13)14)9(7-8)15-4;1-11(2,3)9-6-5-7-10(8-9)12-4;1-10(2,3)8-5-4-6-9(11)7-8;1-9-6(8)5-4(7)2-3-10-5;1-2-3;;/h6-10,18H,1-5H3;5-9,18-19H,1-4H3;5-9,17H,1-4H3,(H,18,19);5-7H,1-4H3;5-7H,1-4H3,(H,12,13,14);5-8H,1-4H3;4-7,11H,1-3H3;2-3H,7H2,1H3;1H3;;/q;;;;;;;;;2*+1/p-2. The number of nitrogen functional groups attached to an aromatic ring is 1. The zero-order chi connectivity index (χ0) is 108. The number of carboxylic acids is 1. The van der Waals surface area contributed by atoms with E-state index in [1.165, 1.54) is 133 Å². The van der Waals surface area contributed by atoms with Gasteiger partial charge in [-0.2, -0.15) is 32.4 Å². The minimum Gasteiger partial charge on any atom is -0.883 e. The average molecular weight is 2190 g/mol. The molecule has 0 radical (unpaired) electrons. The first kappa shape index (κ1) is 132. The summed E-state index contributed by atoms with van der Waals surface area (Å²) in [7, 11) is -3.46. The molecule has 0 saturated heterocycles. The zero-order valence-corrected chi connectivity index (χ0v) is 98.8. The van der Waals surface area contributed by atoms with Gasteiger partial charge in [-0.05, 0) is 208 Å². The molecule has 0 spiro atoms. The van der Waals surface area contributed by atoms with Gasteiger partial charge in [0.05, 0.1) is 85.7 Å². The van der Waals surface area contributed by atoms with Crippen LogP contribution in [0.3, 0.4) is 0 Å². The number of nitriles is 1. The molecule has 11 rings (SSSR count). The van der Waals surface area contributed by atoms with Crippen molar-refractivity contribution in [3.63, 3.8) is 0 Å². The van der Waals surface area contributed by atoms with Crippen molar-refractivity contribution in [2.75, 3.05) is 72.1 Å². The Kier molecular flexibility index (Phi) is 51.5. The number of hydrogen-bond acceptors (Lipinski definition) is 30. The van der Waals surface area contributed by atoms with Crippen molar-refractivity contribution in [2.24, 2.45) is 4.40 Å². The molecule has 1 aliphatic rings. The van der Waals surface area contributed by atoms with Crippen LogP contribution in [0.4, 0.5) is 17.1 Å². The third kappa shape index (κ3) is 41.1. The van der Waals surface area contributed by atoms with Gasteiger partial charge in [0.2, 0.25) is 0 Å². The maximum atomic E-state index is 12.8. The number of halogens is 1. The molecule has 772 valence electrons. The average Bonchev–Trinajstić information content (AvgIpc) is 1.78. The Morgan fingerprint density at radius 1 is 0.427 bits per heavy atom. The normalized spacial score (nSPS) is 12.2. The van der Waals surface area contributed by atoms with Crippen LogP contribution in [0, 0.1) is 11.3 Å². The summed E-state index contributed by atoms with van der Waals surface area (Å²) in [5, 5.41) is 53.9. The molecule has 1 aliphatic heterocycles. The van der Waals surface area contributed by atoms with Crippen molar-refractivity contribution in [2.45, 2.75) is 215 Å². The number of carbonyl (C=O) groups excluding carboxylic acids is 2. The molecule has 0 bridgehead atoms. The monoisotopic (exact) mass is 2180 g/mol. The number of ether oxygens (including phenoxy) is 8. The van der Waals surface area contributed by atoms with Crippen LogP contribution in [0.5, 0.6) is 40.2 Å². The molecule has 0 unspecified atom stereocenters. The summed E-state index contributed by atoms with van der Waals surface area (Å²) in [6.07, 6.45) is 1.32. The van der Waals surface area contributed by atoms with Gasteiger partial charge in [-0.25, -0.2) is 39.6 Å². The molecule has 7 N–H and O–H groups in total. The van der Waals surface area contributed by atoms with Gasteiger partial charge in [0, 0.05) is 22.5 Å². The smallest absolute Gasteiger partial charge is 0.883 e. The number of phenols is 1. The van der Waals surface area contributed by atoms with Crippen LogP contribution in [0.1, 0.15) is 220 Å². The van der Waals surface area contributed by atoms with Gasteiger partial charge in [-0.15, -0.1) is 34.0 Å². The van der Waals surface area contributed by atoms with Crippen LogP contribution in [-0.4, -0.2) is 137 Å². The summed E-state index contributed by atoms with van der Waals surface area (Å²) >= 11 is 4.19. The number of hydrogen-bond donors (Lipinski definition) is 6. The molecule has 143 heavy (non-hydrogen) atoms. The zero-order valence-electron chi connectivity index (χ0n) is 86.7. The summed E-state index contributed by atoms with van der Waals surface area (Å²) < 4.78 is 178. The fourth-order valence-electron chi connectivity index (χ4n) is 11.7. The Morgan fingerprint density at radius 2 is 0.734 bits per heavy atom. The number of aromatic hydroxyl groups is 1. The Bertz CT molecular complexity index is 6630. The van der Waals surface area contributed by atoms with E-state index in [1.807, 2.05) is 128 Å². The molecular formula is C100H128ClN5Na2O26S9. The van der Waals surface area contributed by atoms with Crippen LogP contribution in [-0.2, 0) is 96.6 Å². The summed E-state index contributed by atoms with van der Waals surface area (Å²) in [4.78, 5) is 33.7. The number of allylic oxidation sites excluding steroid dienone is 2. The molecule has 3 aromatic heterocycles. The van der Waals surface area contributed by atoms with Crippen molar-refractivity contribution in [3.05, 3.63) is 250 Å². The van der Waals surface area contributed by atoms with Crippen molar-refractivity contribution in [1.29, 1.82) is 5.26 Å². The molecule has 0 saturated carbocycles. The van der Waals surface area contributed by atoms with Gasteiger partial charge < -0.3 is 64.1 Å². The van der Waals surface area contributed by atoms with Crippen LogP contribution in [0.15, 0.2) is 225 Å². The van der Waals surface area contributed by atoms with Crippen molar-refractivity contribution in [1.82, 2.24) is 0 Å². The number of methoxy groups -OCH3 is 8. The molecular weight excluding hydrogens is 2060 g/mol. The molecule has 10 aromatic rings. The van der Waals surface area contributed by atoms with E-state index in [1.54, 1.807) is 103 Å². The molecule has 4 heterocycles. The number of nitrogens with zero attached hydrogens (tertiary/aromatic N) is 2. The van der Waals surface area contributed by atoms with E-state index in [2.05, 4.69) is 77.0 Å². The topological polar surface area (TPSA) is 489 Å². The molecule has 0 amide bonds. The van der Waals surface area contributed by atoms with E-state index in [0.29, 0.717) is 16.3 Å². The molecule has 7 aromatic carbocycles. The maximum absolute atomic E-state index is 12.8. The SMILES string of the molecule is CC#N.CC(C)(C)c1cccc(O)c1.COC(=O)c1sccc1N.COC(=O)c1sccc1NS(=O)(=O)c1ccc(C(C)(C)C)cc1OC.COc1cc(C(C)(C)C)ccc1S(=O)(=O)Cl.COc1cc(C(C)(C)C)ccc1S(=O)(=O)N=C1C=CSC1=C([O-])[O-].COc1cc(C(C)(C)C)ccc1S(=O)(=O)Nc1ccsc1C(=O)O.COc1cc(C(C)(C)C)ccc1S(=O)(=O)O.COc1cccc(C(C)(C)C)c1.[Na+].[Na+]. The van der Waals surface area contributed by atoms with Gasteiger partial charge >= 0.3 is 77.0 Å². The van der Waals surface area contributed by atoms with Gasteiger partial charge in [-0.1, -0.05) is 212 Å². The Morgan fingerprint density at radius 3 is 1.06 bits per heavy atom. The number of rotatable bonds is 19. The van der Waals surface area contributed by atoms with Gasteiger partial charge in [-0.3, -0.25) is 14.0 Å². The number of sulfonamides is 3. The fraction of sp³-hybridized carbons (Fsp3) is 0.370. The fourth-order valence-corrected chi connectivity index (χ4v) is 19.9. The minimum atomic E-state index is -4.23. The van der Waals surface area contributed by atoms with Crippen LogP contribution in [0.25, 0.3) is 0 Å². The van der Waals surface area contributed by atoms with Gasteiger partial charge in [0.25, 0.3) is 49.2 Å². The number of thiophene rings is 3. The van der Waals surface area contributed by atoms with Crippen molar-refractivity contribution in [3.8, 4) is 46.3 Å². The number of esters is 2.